The highest BCUT2D eigenvalue weighted by molar-refractivity contribution is 5.49. The fourth-order valence-corrected chi connectivity index (χ4v) is 2.85. The molecule has 0 amide bonds. The third kappa shape index (κ3) is 2.36. The molecule has 0 saturated carbocycles. The van der Waals surface area contributed by atoms with Crippen molar-refractivity contribution in [3.8, 4) is 0 Å². The van der Waals surface area contributed by atoms with Crippen LogP contribution in [0.2, 0.25) is 0 Å². The van der Waals surface area contributed by atoms with Crippen LogP contribution in [0.3, 0.4) is 0 Å². The van der Waals surface area contributed by atoms with E-state index in [1.165, 1.54) is 28.8 Å². The molecule has 0 spiro atoms. The van der Waals surface area contributed by atoms with Crippen LogP contribution in [0.15, 0.2) is 48.5 Å². The lowest BCUT2D eigenvalue weighted by Crippen LogP contribution is -2.30. The zero-order valence-corrected chi connectivity index (χ0v) is 11.3. The van der Waals surface area contributed by atoms with Gasteiger partial charge in [0.15, 0.2) is 0 Å². The molecule has 2 N–H and O–H groups in total. The van der Waals surface area contributed by atoms with Gasteiger partial charge in [-0.3, -0.25) is 0 Å². The smallest absolute Gasteiger partial charge is 0.0364 e. The molecule has 0 fully saturated rings. The molecule has 19 heavy (non-hydrogen) atoms. The quantitative estimate of drug-likeness (QED) is 0.906. The van der Waals surface area contributed by atoms with Crippen molar-refractivity contribution in [3.05, 3.63) is 65.2 Å². The fourth-order valence-electron chi connectivity index (χ4n) is 2.85. The van der Waals surface area contributed by atoms with Crippen LogP contribution in [0, 0.1) is 0 Å². The van der Waals surface area contributed by atoms with Gasteiger partial charge in [-0.05, 0) is 35.2 Å². The van der Waals surface area contributed by atoms with Crippen LogP contribution >= 0.6 is 0 Å². The summed E-state index contributed by atoms with van der Waals surface area (Å²) in [7, 11) is 2.17. The Labute approximate surface area is 114 Å². The summed E-state index contributed by atoms with van der Waals surface area (Å²) >= 11 is 0. The van der Waals surface area contributed by atoms with E-state index < -0.39 is 0 Å². The number of likely N-dealkylation sites (N-methyl/N-ethyl adjacent to an activating group) is 1. The van der Waals surface area contributed by atoms with Gasteiger partial charge in [-0.1, -0.05) is 36.4 Å². The minimum absolute atomic E-state index is 0.611. The minimum Gasteiger partial charge on any atom is -0.374 e. The first-order chi connectivity index (χ1) is 9.28. The zero-order chi connectivity index (χ0) is 13.2. The van der Waals surface area contributed by atoms with Crippen LogP contribution in [0.4, 0.5) is 5.69 Å². The highest BCUT2D eigenvalue weighted by Crippen LogP contribution is 2.35. The monoisotopic (exact) mass is 252 g/mol. The summed E-state index contributed by atoms with van der Waals surface area (Å²) in [6, 6.07) is 17.3. The zero-order valence-electron chi connectivity index (χ0n) is 11.3. The molecule has 2 heteroatoms. The number of rotatable bonds is 4. The molecule has 1 atom stereocenters. The number of fused-ring (bicyclic) bond motifs is 1. The molecule has 0 bridgehead atoms. The second-order valence-corrected chi connectivity index (χ2v) is 5.35. The second kappa shape index (κ2) is 5.06. The van der Waals surface area contributed by atoms with Gasteiger partial charge in [-0.2, -0.15) is 0 Å². The summed E-state index contributed by atoms with van der Waals surface area (Å²) in [6.45, 7) is 1.69. The normalized spacial score (nSPS) is 16.6. The van der Waals surface area contributed by atoms with Gasteiger partial charge >= 0.3 is 0 Å². The Kier molecular flexibility index (Phi) is 3.26. The number of hydrogen-bond acceptors (Lipinski definition) is 2. The van der Waals surface area contributed by atoms with Crippen molar-refractivity contribution in [1.82, 2.24) is 0 Å². The molecule has 0 aromatic heterocycles. The van der Waals surface area contributed by atoms with Gasteiger partial charge in [0.1, 0.15) is 0 Å². The largest absolute Gasteiger partial charge is 0.374 e. The molecular formula is C17H20N2. The van der Waals surface area contributed by atoms with Crippen LogP contribution in [0.25, 0.3) is 0 Å². The lowest BCUT2D eigenvalue weighted by atomic mass is 9.77. The van der Waals surface area contributed by atoms with Crippen molar-refractivity contribution in [1.29, 1.82) is 0 Å². The highest BCUT2D eigenvalue weighted by Gasteiger charge is 2.26. The van der Waals surface area contributed by atoms with Gasteiger partial charge in [0.2, 0.25) is 0 Å². The SMILES string of the molecule is CN(CC1Cc2ccccc21)c1ccc(CN)cc1. The van der Waals surface area contributed by atoms with E-state index in [4.69, 9.17) is 5.73 Å². The van der Waals surface area contributed by atoms with Crippen molar-refractivity contribution in [2.75, 3.05) is 18.5 Å². The lowest BCUT2D eigenvalue weighted by molar-refractivity contribution is 0.601. The van der Waals surface area contributed by atoms with Crippen LogP contribution < -0.4 is 10.6 Å². The van der Waals surface area contributed by atoms with E-state index in [1.54, 1.807) is 0 Å². The first-order valence-corrected chi connectivity index (χ1v) is 6.86. The maximum absolute atomic E-state index is 5.63. The van der Waals surface area contributed by atoms with Crippen molar-refractivity contribution in [2.24, 2.45) is 5.73 Å². The van der Waals surface area contributed by atoms with Gasteiger partial charge < -0.3 is 10.6 Å². The molecule has 2 aromatic rings. The number of anilines is 1. The Hall–Kier alpha value is -1.80. The molecule has 2 nitrogen and oxygen atoms in total. The number of nitrogens with zero attached hydrogens (tertiary/aromatic N) is 1. The predicted molar refractivity (Wildman–Crippen MR) is 80.5 cm³/mol. The minimum atomic E-state index is 0.611. The predicted octanol–water partition coefficient (Wildman–Crippen LogP) is 2.92. The summed E-state index contributed by atoms with van der Waals surface area (Å²) in [4.78, 5) is 2.33. The first kappa shape index (κ1) is 12.2. The van der Waals surface area contributed by atoms with Crippen molar-refractivity contribution < 1.29 is 0 Å². The Balaban J connectivity index is 1.67. The molecule has 0 saturated heterocycles. The molecule has 0 aliphatic heterocycles. The Morgan fingerprint density at radius 2 is 1.84 bits per heavy atom. The Bertz CT molecular complexity index is 560. The van der Waals surface area contributed by atoms with Crippen LogP contribution in [0.5, 0.6) is 0 Å². The van der Waals surface area contributed by atoms with E-state index in [9.17, 15) is 0 Å². The Morgan fingerprint density at radius 3 is 2.53 bits per heavy atom. The van der Waals surface area contributed by atoms with E-state index in [0.717, 1.165) is 6.54 Å². The molecule has 1 unspecified atom stereocenters. The first-order valence-electron chi connectivity index (χ1n) is 6.86. The summed E-state index contributed by atoms with van der Waals surface area (Å²) in [5.41, 5.74) is 11.1. The average Bonchev–Trinajstić information content (AvgIpc) is 2.44. The van der Waals surface area contributed by atoms with E-state index in [2.05, 4.69) is 60.5 Å². The molecule has 1 aliphatic carbocycles. The van der Waals surface area contributed by atoms with E-state index in [0.29, 0.717) is 12.5 Å². The van der Waals surface area contributed by atoms with Crippen LogP contribution in [0.1, 0.15) is 22.6 Å². The third-order valence-corrected chi connectivity index (χ3v) is 4.07. The standard InChI is InChI=1S/C17H20N2/c1-19(16-8-6-13(11-18)7-9-16)12-15-10-14-4-2-3-5-17(14)15/h2-9,15H,10-12,18H2,1H3. The van der Waals surface area contributed by atoms with Gasteiger partial charge in [-0.25, -0.2) is 0 Å². The summed E-state index contributed by atoms with van der Waals surface area (Å²) < 4.78 is 0. The van der Waals surface area contributed by atoms with E-state index >= 15 is 0 Å². The van der Waals surface area contributed by atoms with Crippen LogP contribution in [-0.2, 0) is 13.0 Å². The number of nitrogens with two attached hydrogens (primary N) is 1. The average molecular weight is 252 g/mol. The number of benzene rings is 2. The molecular weight excluding hydrogens is 232 g/mol. The maximum Gasteiger partial charge on any atom is 0.0364 e. The van der Waals surface area contributed by atoms with E-state index in [-0.39, 0.29) is 0 Å². The maximum atomic E-state index is 5.63. The molecule has 0 radical (unpaired) electrons. The summed E-state index contributed by atoms with van der Waals surface area (Å²) in [5.74, 6) is 0.676. The molecule has 1 aliphatic rings. The second-order valence-electron chi connectivity index (χ2n) is 5.35. The Morgan fingerprint density at radius 1 is 1.11 bits per heavy atom. The lowest BCUT2D eigenvalue weighted by Gasteiger charge is -2.34. The van der Waals surface area contributed by atoms with E-state index in [1.807, 2.05) is 0 Å². The third-order valence-electron chi connectivity index (χ3n) is 4.07. The van der Waals surface area contributed by atoms with Crippen molar-refractivity contribution >= 4 is 5.69 Å². The molecule has 3 rings (SSSR count). The molecule has 2 aromatic carbocycles. The number of hydrogen-bond donors (Lipinski definition) is 1. The van der Waals surface area contributed by atoms with Gasteiger partial charge in [0, 0.05) is 31.7 Å². The van der Waals surface area contributed by atoms with Crippen molar-refractivity contribution in [3.63, 3.8) is 0 Å². The fraction of sp³-hybridized carbons (Fsp3) is 0.294. The summed E-state index contributed by atoms with van der Waals surface area (Å²) in [5, 5.41) is 0. The van der Waals surface area contributed by atoms with Gasteiger partial charge in [-0.15, -0.1) is 0 Å². The van der Waals surface area contributed by atoms with Crippen LogP contribution in [-0.4, -0.2) is 13.6 Å². The highest BCUT2D eigenvalue weighted by atomic mass is 15.1. The van der Waals surface area contributed by atoms with Gasteiger partial charge in [0.05, 0.1) is 0 Å². The molecule has 98 valence electrons. The molecule has 0 heterocycles. The van der Waals surface area contributed by atoms with Crippen molar-refractivity contribution in [2.45, 2.75) is 18.9 Å². The van der Waals surface area contributed by atoms with Gasteiger partial charge in [0.25, 0.3) is 0 Å². The summed E-state index contributed by atoms with van der Waals surface area (Å²) in [6.07, 6.45) is 1.21. The topological polar surface area (TPSA) is 29.3 Å².